The standard InChI is InChI=1S/C31H36N4O3/c1-21(2)34(18-25-11-7-6-8-12-25)30(37)19-35-27-14-10-9-13-26(27)33-31(35)24(5)32-29(36)20-38-28-17-22(3)15-16-23(28)4/h6-17,21,24H,18-20H2,1-5H3,(H,32,36). The second kappa shape index (κ2) is 11.9. The molecule has 7 nitrogen and oxygen atoms in total. The Hall–Kier alpha value is -4.13. The Kier molecular flexibility index (Phi) is 8.46. The summed E-state index contributed by atoms with van der Waals surface area (Å²) in [7, 11) is 0. The number of hydrogen-bond donors (Lipinski definition) is 1. The molecule has 1 aromatic heterocycles. The molecule has 4 rings (SSSR count). The number of fused-ring (bicyclic) bond motifs is 1. The van der Waals surface area contributed by atoms with Gasteiger partial charge in [-0.2, -0.15) is 0 Å². The molecule has 0 aliphatic heterocycles. The zero-order valence-electron chi connectivity index (χ0n) is 22.8. The van der Waals surface area contributed by atoms with Gasteiger partial charge in [0, 0.05) is 12.6 Å². The first-order valence-electron chi connectivity index (χ1n) is 13.0. The molecule has 2 amide bonds. The first-order chi connectivity index (χ1) is 18.2. The number of carbonyl (C=O) groups is 2. The number of aryl methyl sites for hydroxylation is 2. The quantitative estimate of drug-likeness (QED) is 0.311. The van der Waals surface area contributed by atoms with Gasteiger partial charge in [-0.25, -0.2) is 4.98 Å². The molecule has 7 heteroatoms. The molecule has 0 aliphatic carbocycles. The van der Waals surface area contributed by atoms with E-state index >= 15 is 0 Å². The number of ether oxygens (including phenoxy) is 1. The van der Waals surface area contributed by atoms with E-state index in [1.54, 1.807) is 0 Å². The van der Waals surface area contributed by atoms with Crippen LogP contribution in [0.2, 0.25) is 0 Å². The summed E-state index contributed by atoms with van der Waals surface area (Å²) >= 11 is 0. The van der Waals surface area contributed by atoms with Gasteiger partial charge >= 0.3 is 0 Å². The lowest BCUT2D eigenvalue weighted by atomic mass is 10.1. The van der Waals surface area contributed by atoms with Crippen molar-refractivity contribution in [2.75, 3.05) is 6.61 Å². The fraction of sp³-hybridized carbons (Fsp3) is 0.323. The molecule has 1 atom stereocenters. The Morgan fingerprint density at radius 1 is 0.974 bits per heavy atom. The maximum absolute atomic E-state index is 13.6. The number of rotatable bonds is 10. The number of carbonyl (C=O) groups excluding carboxylic acids is 2. The van der Waals surface area contributed by atoms with E-state index in [-0.39, 0.29) is 31.0 Å². The number of para-hydroxylation sites is 2. The highest BCUT2D eigenvalue weighted by atomic mass is 16.5. The summed E-state index contributed by atoms with van der Waals surface area (Å²) in [6.07, 6.45) is 0. The molecular formula is C31H36N4O3. The topological polar surface area (TPSA) is 76.5 Å². The molecule has 0 aliphatic rings. The van der Waals surface area contributed by atoms with Crippen LogP contribution >= 0.6 is 0 Å². The molecule has 0 bridgehead atoms. The van der Waals surface area contributed by atoms with Gasteiger partial charge in [0.05, 0.1) is 17.1 Å². The third-order valence-electron chi connectivity index (χ3n) is 6.58. The van der Waals surface area contributed by atoms with E-state index in [4.69, 9.17) is 9.72 Å². The van der Waals surface area contributed by atoms with Crippen molar-refractivity contribution >= 4 is 22.8 Å². The van der Waals surface area contributed by atoms with Crippen LogP contribution in [0.25, 0.3) is 11.0 Å². The first kappa shape index (κ1) is 26.9. The summed E-state index contributed by atoms with van der Waals surface area (Å²) < 4.78 is 7.70. The molecule has 4 aromatic rings. The molecule has 1 heterocycles. The van der Waals surface area contributed by atoms with Crippen molar-refractivity contribution in [1.29, 1.82) is 0 Å². The Balaban J connectivity index is 1.52. The van der Waals surface area contributed by atoms with Crippen molar-refractivity contribution in [3.8, 4) is 5.75 Å². The monoisotopic (exact) mass is 512 g/mol. The number of amides is 2. The normalized spacial score (nSPS) is 11.9. The molecule has 0 saturated heterocycles. The van der Waals surface area contributed by atoms with E-state index in [2.05, 4.69) is 5.32 Å². The number of imidazole rings is 1. The van der Waals surface area contributed by atoms with Gasteiger partial charge in [0.15, 0.2) is 6.61 Å². The van der Waals surface area contributed by atoms with Crippen LogP contribution in [0.4, 0.5) is 0 Å². The molecule has 1 N–H and O–H groups in total. The lowest BCUT2D eigenvalue weighted by Gasteiger charge is -2.28. The fourth-order valence-electron chi connectivity index (χ4n) is 4.51. The molecule has 1 unspecified atom stereocenters. The molecule has 0 spiro atoms. The van der Waals surface area contributed by atoms with E-state index < -0.39 is 6.04 Å². The molecule has 0 saturated carbocycles. The van der Waals surface area contributed by atoms with Gasteiger partial charge in [0.2, 0.25) is 5.91 Å². The number of hydrogen-bond acceptors (Lipinski definition) is 4. The highest BCUT2D eigenvalue weighted by Crippen LogP contribution is 2.23. The average Bonchev–Trinajstić information content (AvgIpc) is 3.26. The molecule has 38 heavy (non-hydrogen) atoms. The third kappa shape index (κ3) is 6.40. The van der Waals surface area contributed by atoms with Crippen LogP contribution in [-0.4, -0.2) is 38.9 Å². The van der Waals surface area contributed by atoms with Crippen molar-refractivity contribution in [2.24, 2.45) is 0 Å². The number of nitrogens with zero attached hydrogens (tertiary/aromatic N) is 3. The van der Waals surface area contributed by atoms with Crippen molar-refractivity contribution < 1.29 is 14.3 Å². The lowest BCUT2D eigenvalue weighted by Crippen LogP contribution is -2.39. The van der Waals surface area contributed by atoms with Gasteiger partial charge in [-0.3, -0.25) is 9.59 Å². The van der Waals surface area contributed by atoms with Gasteiger partial charge < -0.3 is 19.5 Å². The van der Waals surface area contributed by atoms with Crippen LogP contribution in [0.5, 0.6) is 5.75 Å². The summed E-state index contributed by atoms with van der Waals surface area (Å²) in [4.78, 5) is 33.0. The Bertz CT molecular complexity index is 1410. The molecule has 0 fully saturated rings. The smallest absolute Gasteiger partial charge is 0.258 e. The van der Waals surface area contributed by atoms with Crippen LogP contribution in [0, 0.1) is 13.8 Å². The third-order valence-corrected chi connectivity index (χ3v) is 6.58. The molecule has 3 aromatic carbocycles. The lowest BCUT2D eigenvalue weighted by molar-refractivity contribution is -0.134. The van der Waals surface area contributed by atoms with Gasteiger partial charge in [-0.05, 0) is 69.5 Å². The summed E-state index contributed by atoms with van der Waals surface area (Å²) in [5, 5.41) is 2.99. The van der Waals surface area contributed by atoms with E-state index in [0.29, 0.717) is 18.1 Å². The number of benzene rings is 3. The minimum absolute atomic E-state index is 0.00922. The number of aromatic nitrogens is 2. The Labute approximate surface area is 224 Å². The largest absolute Gasteiger partial charge is 0.483 e. The fourth-order valence-corrected chi connectivity index (χ4v) is 4.51. The van der Waals surface area contributed by atoms with E-state index in [9.17, 15) is 9.59 Å². The molecular weight excluding hydrogens is 476 g/mol. The molecule has 198 valence electrons. The zero-order chi connectivity index (χ0) is 27.2. The van der Waals surface area contributed by atoms with Crippen LogP contribution in [0.1, 0.15) is 49.3 Å². The van der Waals surface area contributed by atoms with E-state index in [1.165, 1.54) is 0 Å². The van der Waals surface area contributed by atoms with Gasteiger partial charge in [0.25, 0.3) is 5.91 Å². The maximum atomic E-state index is 13.6. The highest BCUT2D eigenvalue weighted by molar-refractivity contribution is 5.82. The SMILES string of the molecule is Cc1ccc(C)c(OCC(=O)NC(C)c2nc3ccccc3n2CC(=O)N(Cc2ccccc2)C(C)C)c1. The predicted molar refractivity (Wildman–Crippen MR) is 150 cm³/mol. The summed E-state index contributed by atoms with van der Waals surface area (Å²) in [6.45, 7) is 10.4. The Morgan fingerprint density at radius 3 is 2.42 bits per heavy atom. The average molecular weight is 513 g/mol. The van der Waals surface area contributed by atoms with Crippen LogP contribution in [-0.2, 0) is 22.7 Å². The second-order valence-corrected chi connectivity index (χ2v) is 9.99. The Morgan fingerprint density at radius 2 is 1.68 bits per heavy atom. The summed E-state index contributed by atoms with van der Waals surface area (Å²) in [5.41, 5.74) is 4.76. The van der Waals surface area contributed by atoms with Gasteiger partial charge in [-0.1, -0.05) is 54.6 Å². The maximum Gasteiger partial charge on any atom is 0.258 e. The first-order valence-corrected chi connectivity index (χ1v) is 13.0. The van der Waals surface area contributed by atoms with Gasteiger partial charge in [-0.15, -0.1) is 0 Å². The summed E-state index contributed by atoms with van der Waals surface area (Å²) in [5.74, 6) is 1.06. The number of nitrogens with one attached hydrogen (secondary N) is 1. The zero-order valence-corrected chi connectivity index (χ0v) is 22.8. The van der Waals surface area contributed by atoms with Crippen molar-refractivity contribution in [3.63, 3.8) is 0 Å². The van der Waals surface area contributed by atoms with E-state index in [0.717, 1.165) is 27.7 Å². The van der Waals surface area contributed by atoms with Crippen LogP contribution in [0.15, 0.2) is 72.8 Å². The van der Waals surface area contributed by atoms with Gasteiger partial charge in [0.1, 0.15) is 18.1 Å². The molecule has 0 radical (unpaired) electrons. The van der Waals surface area contributed by atoms with Crippen LogP contribution < -0.4 is 10.1 Å². The minimum Gasteiger partial charge on any atom is -0.483 e. The van der Waals surface area contributed by atoms with Crippen molar-refractivity contribution in [3.05, 3.63) is 95.3 Å². The van der Waals surface area contributed by atoms with E-state index in [1.807, 2.05) is 117 Å². The second-order valence-electron chi connectivity index (χ2n) is 9.99. The summed E-state index contributed by atoms with van der Waals surface area (Å²) in [6, 6.07) is 23.2. The highest BCUT2D eigenvalue weighted by Gasteiger charge is 2.24. The van der Waals surface area contributed by atoms with Crippen molar-refractivity contribution in [2.45, 2.75) is 59.8 Å². The van der Waals surface area contributed by atoms with Crippen molar-refractivity contribution in [1.82, 2.24) is 19.8 Å². The minimum atomic E-state index is -0.425. The van der Waals surface area contributed by atoms with Crippen LogP contribution in [0.3, 0.4) is 0 Å². The predicted octanol–water partition coefficient (Wildman–Crippen LogP) is 5.35.